The summed E-state index contributed by atoms with van der Waals surface area (Å²) in [6.07, 6.45) is 3.07. The fourth-order valence-electron chi connectivity index (χ4n) is 2.01. The van der Waals surface area contributed by atoms with Gasteiger partial charge < -0.3 is 0 Å². The Kier molecular flexibility index (Phi) is 4.63. The topological polar surface area (TPSA) is 61.2 Å². The first-order valence-electron chi connectivity index (χ1n) is 5.65. The first kappa shape index (κ1) is 15.3. The second kappa shape index (κ2) is 5.74. The van der Waals surface area contributed by atoms with E-state index >= 15 is 0 Å². The van der Waals surface area contributed by atoms with E-state index in [1.54, 1.807) is 12.1 Å². The van der Waals surface area contributed by atoms with Crippen molar-refractivity contribution in [2.45, 2.75) is 21.8 Å². The highest BCUT2D eigenvalue weighted by molar-refractivity contribution is 9.11. The van der Waals surface area contributed by atoms with Gasteiger partial charge in [-0.2, -0.15) is 9.57 Å². The highest BCUT2D eigenvalue weighted by Crippen LogP contribution is 2.36. The van der Waals surface area contributed by atoms with Crippen LogP contribution in [-0.4, -0.2) is 36.8 Å². The number of hydrogen-bond donors (Lipinski definition) is 0. The monoisotopic (exact) mass is 380 g/mol. The van der Waals surface area contributed by atoms with E-state index < -0.39 is 14.8 Å². The van der Waals surface area contributed by atoms with Gasteiger partial charge in [0.1, 0.15) is 8.96 Å². The van der Waals surface area contributed by atoms with Crippen molar-refractivity contribution in [2.75, 3.05) is 19.3 Å². The minimum atomic E-state index is -3.40. The summed E-state index contributed by atoms with van der Waals surface area (Å²) in [7, 11) is -3.40. The van der Waals surface area contributed by atoms with Crippen molar-refractivity contribution >= 4 is 49.1 Å². The average molecular weight is 381 g/mol. The fraction of sp³-hybridized carbons (Fsp3) is 0.545. The zero-order valence-electron chi connectivity index (χ0n) is 10.3. The van der Waals surface area contributed by atoms with E-state index in [-0.39, 0.29) is 0 Å². The SMILES string of the molecule is CSC1(C#N)CCN(S(=O)(=O)c2ccc(Br)s2)CC1. The Morgan fingerprint density at radius 2 is 2.11 bits per heavy atom. The maximum Gasteiger partial charge on any atom is 0.252 e. The molecule has 0 aliphatic carbocycles. The van der Waals surface area contributed by atoms with Crippen LogP contribution in [0, 0.1) is 11.3 Å². The molecule has 0 atom stereocenters. The molecule has 1 aromatic rings. The second-order valence-electron chi connectivity index (χ2n) is 4.27. The largest absolute Gasteiger partial charge is 0.252 e. The van der Waals surface area contributed by atoms with Crippen molar-refractivity contribution in [3.05, 3.63) is 15.9 Å². The number of piperidine rings is 1. The van der Waals surface area contributed by atoms with Crippen LogP contribution in [0.1, 0.15) is 12.8 Å². The summed E-state index contributed by atoms with van der Waals surface area (Å²) in [4.78, 5) is 0. The van der Waals surface area contributed by atoms with Crippen LogP contribution in [0.2, 0.25) is 0 Å². The van der Waals surface area contributed by atoms with Crippen LogP contribution < -0.4 is 0 Å². The standard InChI is InChI=1S/C11H13BrN2O2S3/c1-17-11(8-13)4-6-14(7-5-11)19(15,16)10-3-2-9(12)18-10/h2-3H,4-7H2,1H3. The molecule has 1 fully saturated rings. The van der Waals surface area contributed by atoms with E-state index in [1.165, 1.54) is 27.4 Å². The van der Waals surface area contributed by atoms with Gasteiger partial charge in [-0.25, -0.2) is 8.42 Å². The molecule has 0 bridgehead atoms. The molecule has 1 saturated heterocycles. The van der Waals surface area contributed by atoms with Gasteiger partial charge >= 0.3 is 0 Å². The van der Waals surface area contributed by atoms with Gasteiger partial charge in [0.2, 0.25) is 0 Å². The predicted octanol–water partition coefficient (Wildman–Crippen LogP) is 2.92. The summed E-state index contributed by atoms with van der Waals surface area (Å²) in [5.74, 6) is 0. The quantitative estimate of drug-likeness (QED) is 0.808. The number of thiophene rings is 1. The number of nitrogens with zero attached hydrogens (tertiary/aromatic N) is 2. The van der Waals surface area contributed by atoms with Crippen LogP contribution >= 0.6 is 39.0 Å². The lowest BCUT2D eigenvalue weighted by molar-refractivity contribution is 0.328. The highest BCUT2D eigenvalue weighted by Gasteiger charge is 2.38. The number of thioether (sulfide) groups is 1. The Hall–Kier alpha value is -0.0700. The molecule has 2 rings (SSSR count). The van der Waals surface area contributed by atoms with Crippen molar-refractivity contribution in [2.24, 2.45) is 0 Å². The van der Waals surface area contributed by atoms with Crippen molar-refractivity contribution in [1.29, 1.82) is 5.26 Å². The Balaban J connectivity index is 2.16. The normalized spacial score (nSPS) is 20.1. The molecule has 0 N–H and O–H groups in total. The van der Waals surface area contributed by atoms with Crippen molar-refractivity contribution in [3.8, 4) is 6.07 Å². The zero-order valence-corrected chi connectivity index (χ0v) is 14.3. The molecule has 1 aliphatic heterocycles. The Bertz CT molecular complexity index is 598. The van der Waals surface area contributed by atoms with Gasteiger partial charge in [-0.1, -0.05) is 0 Å². The number of nitriles is 1. The molecule has 0 saturated carbocycles. The molecule has 0 unspecified atom stereocenters. The maximum atomic E-state index is 12.4. The first-order chi connectivity index (χ1) is 8.93. The maximum absolute atomic E-state index is 12.4. The smallest absolute Gasteiger partial charge is 0.206 e. The minimum Gasteiger partial charge on any atom is -0.206 e. The highest BCUT2D eigenvalue weighted by atomic mass is 79.9. The average Bonchev–Trinajstić information content (AvgIpc) is 2.86. The molecule has 8 heteroatoms. The molecule has 2 heterocycles. The Morgan fingerprint density at radius 1 is 1.47 bits per heavy atom. The van der Waals surface area contributed by atoms with Crippen LogP contribution in [0.25, 0.3) is 0 Å². The third-order valence-electron chi connectivity index (χ3n) is 3.27. The van der Waals surface area contributed by atoms with Crippen molar-refractivity contribution < 1.29 is 8.42 Å². The second-order valence-corrected chi connectivity index (χ2v) is 10.1. The Morgan fingerprint density at radius 3 is 2.53 bits per heavy atom. The summed E-state index contributed by atoms with van der Waals surface area (Å²) < 4.78 is 27.0. The van der Waals surface area contributed by atoms with Gasteiger partial charge in [-0.05, 0) is 47.2 Å². The molecule has 0 radical (unpaired) electrons. The van der Waals surface area contributed by atoms with Gasteiger partial charge in [0, 0.05) is 13.1 Å². The summed E-state index contributed by atoms with van der Waals surface area (Å²) >= 11 is 6.01. The molecular weight excluding hydrogens is 368 g/mol. The number of rotatable bonds is 3. The van der Waals surface area contributed by atoms with Crippen LogP contribution in [0.4, 0.5) is 0 Å². The molecule has 0 aromatic carbocycles. The Labute approximate surface area is 130 Å². The summed E-state index contributed by atoms with van der Waals surface area (Å²) in [6, 6.07) is 5.67. The predicted molar refractivity (Wildman–Crippen MR) is 81.9 cm³/mol. The lowest BCUT2D eigenvalue weighted by atomic mass is 9.99. The zero-order chi connectivity index (χ0) is 14.1. The molecule has 0 spiro atoms. The molecule has 104 valence electrons. The fourth-order valence-corrected chi connectivity index (χ4v) is 6.30. The third-order valence-corrected chi connectivity index (χ3v) is 8.54. The van der Waals surface area contributed by atoms with Crippen molar-refractivity contribution in [1.82, 2.24) is 4.31 Å². The lowest BCUT2D eigenvalue weighted by Crippen LogP contribution is -2.44. The van der Waals surface area contributed by atoms with Gasteiger partial charge in [0.05, 0.1) is 9.86 Å². The summed E-state index contributed by atoms with van der Waals surface area (Å²) in [5, 5.41) is 9.21. The van der Waals surface area contributed by atoms with Gasteiger partial charge in [0.15, 0.2) is 0 Å². The van der Waals surface area contributed by atoms with Gasteiger partial charge in [-0.15, -0.1) is 23.1 Å². The molecule has 19 heavy (non-hydrogen) atoms. The van der Waals surface area contributed by atoms with Crippen LogP contribution in [0.3, 0.4) is 0 Å². The number of sulfonamides is 1. The van der Waals surface area contributed by atoms with Crippen molar-refractivity contribution in [3.63, 3.8) is 0 Å². The molecular formula is C11H13BrN2O2S3. The number of hydrogen-bond acceptors (Lipinski definition) is 5. The van der Waals surface area contributed by atoms with E-state index in [1.807, 2.05) is 6.26 Å². The minimum absolute atomic E-state index is 0.355. The summed E-state index contributed by atoms with van der Waals surface area (Å²) in [6.45, 7) is 0.818. The van der Waals surface area contributed by atoms with E-state index in [0.717, 1.165) is 3.79 Å². The van der Waals surface area contributed by atoms with Crippen LogP contribution in [-0.2, 0) is 10.0 Å². The van der Waals surface area contributed by atoms with Gasteiger partial charge in [-0.3, -0.25) is 0 Å². The van der Waals surface area contributed by atoms with Crippen LogP contribution in [0.5, 0.6) is 0 Å². The van der Waals surface area contributed by atoms with Gasteiger partial charge in [0.25, 0.3) is 10.0 Å². The molecule has 4 nitrogen and oxygen atoms in total. The lowest BCUT2D eigenvalue weighted by Gasteiger charge is -2.35. The first-order valence-corrected chi connectivity index (χ1v) is 9.93. The molecule has 1 aliphatic rings. The number of halogens is 1. The summed E-state index contributed by atoms with van der Waals surface area (Å²) in [5.41, 5.74) is 0. The third kappa shape index (κ3) is 3.00. The van der Waals surface area contributed by atoms with E-state index in [2.05, 4.69) is 22.0 Å². The van der Waals surface area contributed by atoms with E-state index in [4.69, 9.17) is 0 Å². The molecule has 1 aromatic heterocycles. The molecule has 0 amide bonds. The van der Waals surface area contributed by atoms with Crippen LogP contribution in [0.15, 0.2) is 20.1 Å². The van der Waals surface area contributed by atoms with E-state index in [9.17, 15) is 13.7 Å². The van der Waals surface area contributed by atoms with E-state index in [0.29, 0.717) is 30.1 Å².